The van der Waals surface area contributed by atoms with Gasteiger partial charge in [0, 0.05) is 0 Å². The number of hydrogen-bond acceptors (Lipinski definition) is 2. The summed E-state index contributed by atoms with van der Waals surface area (Å²) in [6, 6.07) is 15.3. The Bertz CT molecular complexity index is 503. The number of aromatic hydroxyl groups is 2. The second-order valence-corrected chi connectivity index (χ2v) is 5.68. The van der Waals surface area contributed by atoms with Crippen LogP contribution in [-0.2, 0) is 0 Å². The monoisotopic (exact) mass is 268 g/mol. The van der Waals surface area contributed by atoms with Gasteiger partial charge in [-0.2, -0.15) is 0 Å². The lowest BCUT2D eigenvalue weighted by atomic mass is 9.72. The molecule has 0 amide bonds. The summed E-state index contributed by atoms with van der Waals surface area (Å²) >= 11 is 0. The quantitative estimate of drug-likeness (QED) is 0.839. The van der Waals surface area contributed by atoms with Gasteiger partial charge in [0.15, 0.2) is 0 Å². The molecule has 3 rings (SSSR count). The lowest BCUT2D eigenvalue weighted by molar-refractivity contribution is 0.385. The van der Waals surface area contributed by atoms with Gasteiger partial charge < -0.3 is 10.2 Å². The van der Waals surface area contributed by atoms with Crippen LogP contribution in [0.4, 0.5) is 0 Å². The van der Waals surface area contributed by atoms with Crippen molar-refractivity contribution in [1.82, 2.24) is 0 Å². The van der Waals surface area contributed by atoms with Crippen molar-refractivity contribution in [2.45, 2.75) is 37.5 Å². The van der Waals surface area contributed by atoms with Crippen LogP contribution in [0.1, 0.15) is 48.6 Å². The first-order chi connectivity index (χ1) is 9.74. The summed E-state index contributed by atoms with van der Waals surface area (Å²) in [6.45, 7) is 0. The van der Waals surface area contributed by atoms with Crippen LogP contribution in [0.15, 0.2) is 48.5 Å². The van der Waals surface area contributed by atoms with Gasteiger partial charge in [-0.05, 0) is 60.1 Å². The Morgan fingerprint density at radius 1 is 0.600 bits per heavy atom. The zero-order chi connectivity index (χ0) is 13.9. The molecule has 1 saturated carbocycles. The molecule has 0 unspecified atom stereocenters. The lowest BCUT2D eigenvalue weighted by Crippen LogP contribution is -2.16. The van der Waals surface area contributed by atoms with Gasteiger partial charge in [0.1, 0.15) is 11.5 Å². The van der Waals surface area contributed by atoms with Gasteiger partial charge in [-0.25, -0.2) is 0 Å². The third-order valence-corrected chi connectivity index (χ3v) is 4.41. The number of phenols is 2. The maximum atomic E-state index is 9.44. The van der Waals surface area contributed by atoms with E-state index in [0.29, 0.717) is 23.3 Å². The molecule has 20 heavy (non-hydrogen) atoms. The maximum absolute atomic E-state index is 9.44. The highest BCUT2D eigenvalue weighted by molar-refractivity contribution is 5.35. The molecular weight excluding hydrogens is 248 g/mol. The molecule has 0 bridgehead atoms. The average molecular weight is 268 g/mol. The van der Waals surface area contributed by atoms with Crippen molar-refractivity contribution in [3.8, 4) is 11.5 Å². The van der Waals surface area contributed by atoms with E-state index in [9.17, 15) is 10.2 Å². The molecule has 1 aliphatic rings. The molecule has 0 aliphatic heterocycles. The van der Waals surface area contributed by atoms with Crippen molar-refractivity contribution in [2.75, 3.05) is 0 Å². The molecule has 0 aromatic heterocycles. The van der Waals surface area contributed by atoms with E-state index < -0.39 is 0 Å². The van der Waals surface area contributed by atoms with Gasteiger partial charge in [-0.15, -0.1) is 0 Å². The molecule has 2 nitrogen and oxygen atoms in total. The molecule has 1 aliphatic carbocycles. The number of benzene rings is 2. The van der Waals surface area contributed by atoms with Crippen LogP contribution in [0.2, 0.25) is 0 Å². The van der Waals surface area contributed by atoms with E-state index in [1.54, 1.807) is 24.3 Å². The van der Waals surface area contributed by atoms with Crippen molar-refractivity contribution in [1.29, 1.82) is 0 Å². The number of hydrogen-bond donors (Lipinski definition) is 2. The topological polar surface area (TPSA) is 40.5 Å². The molecule has 2 heteroatoms. The van der Waals surface area contributed by atoms with Crippen molar-refractivity contribution in [3.05, 3.63) is 59.7 Å². The summed E-state index contributed by atoms with van der Waals surface area (Å²) in [5.41, 5.74) is 2.61. The number of rotatable bonds is 2. The van der Waals surface area contributed by atoms with E-state index in [0.717, 1.165) is 0 Å². The van der Waals surface area contributed by atoms with Crippen LogP contribution in [0.25, 0.3) is 0 Å². The molecule has 2 atom stereocenters. The van der Waals surface area contributed by atoms with Gasteiger partial charge in [-0.1, -0.05) is 37.1 Å². The standard InChI is InChI=1S/C18H20O2/c19-15-9-5-13(6-10-15)17-3-1-2-4-18(17)14-7-11-16(20)12-8-14/h5-12,17-20H,1-4H2/t17-,18-/m0/s1. The smallest absolute Gasteiger partial charge is 0.115 e. The first-order valence-corrected chi connectivity index (χ1v) is 7.32. The fourth-order valence-electron chi connectivity index (χ4n) is 3.37. The van der Waals surface area contributed by atoms with Crippen molar-refractivity contribution in [3.63, 3.8) is 0 Å². The van der Waals surface area contributed by atoms with Gasteiger partial charge >= 0.3 is 0 Å². The summed E-state index contributed by atoms with van der Waals surface area (Å²) in [5.74, 6) is 1.67. The largest absolute Gasteiger partial charge is 0.508 e. The summed E-state index contributed by atoms with van der Waals surface area (Å²) in [5, 5.41) is 18.9. The normalized spacial score (nSPS) is 22.6. The van der Waals surface area contributed by atoms with Crippen LogP contribution < -0.4 is 0 Å². The molecular formula is C18H20O2. The molecule has 0 saturated heterocycles. The van der Waals surface area contributed by atoms with Crippen molar-refractivity contribution in [2.24, 2.45) is 0 Å². The zero-order valence-corrected chi connectivity index (χ0v) is 11.5. The highest BCUT2D eigenvalue weighted by Gasteiger charge is 2.27. The molecule has 2 aromatic rings. The molecule has 1 fully saturated rings. The average Bonchev–Trinajstić information content (AvgIpc) is 2.49. The summed E-state index contributed by atoms with van der Waals surface area (Å²) in [7, 11) is 0. The van der Waals surface area contributed by atoms with Crippen molar-refractivity contribution < 1.29 is 10.2 Å². The van der Waals surface area contributed by atoms with Gasteiger partial charge in [0.2, 0.25) is 0 Å². The fourth-order valence-corrected chi connectivity index (χ4v) is 3.37. The predicted octanol–water partition coefficient (Wildman–Crippen LogP) is 4.54. The first-order valence-electron chi connectivity index (χ1n) is 7.32. The van der Waals surface area contributed by atoms with E-state index in [1.807, 2.05) is 24.3 Å². The van der Waals surface area contributed by atoms with Gasteiger partial charge in [0.25, 0.3) is 0 Å². The number of phenolic OH excluding ortho intramolecular Hbond substituents is 2. The Morgan fingerprint density at radius 3 is 1.30 bits per heavy atom. The van der Waals surface area contributed by atoms with Crippen LogP contribution in [0, 0.1) is 0 Å². The van der Waals surface area contributed by atoms with Gasteiger partial charge in [0.05, 0.1) is 0 Å². The molecule has 0 heterocycles. The molecule has 2 aromatic carbocycles. The molecule has 0 radical (unpaired) electrons. The van der Waals surface area contributed by atoms with Crippen LogP contribution in [0.5, 0.6) is 11.5 Å². The minimum Gasteiger partial charge on any atom is -0.508 e. The summed E-state index contributed by atoms with van der Waals surface area (Å²) < 4.78 is 0. The van der Waals surface area contributed by atoms with E-state index in [2.05, 4.69) is 0 Å². The summed E-state index contributed by atoms with van der Waals surface area (Å²) in [6.07, 6.45) is 4.91. The maximum Gasteiger partial charge on any atom is 0.115 e. The molecule has 0 spiro atoms. The fraction of sp³-hybridized carbons (Fsp3) is 0.333. The Labute approximate surface area is 119 Å². The first kappa shape index (κ1) is 13.0. The molecule has 2 N–H and O–H groups in total. The highest BCUT2D eigenvalue weighted by Crippen LogP contribution is 2.44. The van der Waals surface area contributed by atoms with Crippen LogP contribution >= 0.6 is 0 Å². The lowest BCUT2D eigenvalue weighted by Gasteiger charge is -2.32. The Morgan fingerprint density at radius 2 is 0.950 bits per heavy atom. The predicted molar refractivity (Wildman–Crippen MR) is 80.2 cm³/mol. The zero-order valence-electron chi connectivity index (χ0n) is 11.5. The van der Waals surface area contributed by atoms with Gasteiger partial charge in [-0.3, -0.25) is 0 Å². The second kappa shape index (κ2) is 5.58. The minimum atomic E-state index is 0.325. The Kier molecular flexibility index (Phi) is 3.64. The van der Waals surface area contributed by atoms with E-state index in [1.165, 1.54) is 36.8 Å². The highest BCUT2D eigenvalue weighted by atomic mass is 16.3. The third kappa shape index (κ3) is 2.64. The molecule has 104 valence electrons. The Balaban J connectivity index is 1.90. The van der Waals surface area contributed by atoms with Crippen LogP contribution in [0.3, 0.4) is 0 Å². The van der Waals surface area contributed by atoms with Crippen LogP contribution in [-0.4, -0.2) is 10.2 Å². The van der Waals surface area contributed by atoms with E-state index in [4.69, 9.17) is 0 Å². The summed E-state index contributed by atoms with van der Waals surface area (Å²) in [4.78, 5) is 0. The SMILES string of the molecule is Oc1ccc([C@@H]2CCCC[C@H]2c2ccc(O)cc2)cc1. The third-order valence-electron chi connectivity index (χ3n) is 4.41. The minimum absolute atomic E-state index is 0.325. The van der Waals surface area contributed by atoms with Crippen molar-refractivity contribution >= 4 is 0 Å². The Hall–Kier alpha value is -1.96. The second-order valence-electron chi connectivity index (χ2n) is 5.68. The van der Waals surface area contributed by atoms with E-state index in [-0.39, 0.29) is 0 Å². The van der Waals surface area contributed by atoms with E-state index >= 15 is 0 Å².